The predicted molar refractivity (Wildman–Crippen MR) is 115 cm³/mol. The van der Waals surface area contributed by atoms with Crippen LogP contribution in [0.15, 0.2) is 60.9 Å². The van der Waals surface area contributed by atoms with Gasteiger partial charge in [-0.3, -0.25) is 15.1 Å². The quantitative estimate of drug-likeness (QED) is 0.335. The van der Waals surface area contributed by atoms with Gasteiger partial charge in [0.2, 0.25) is 5.82 Å². The molecule has 1 aromatic carbocycles. The third-order valence-electron chi connectivity index (χ3n) is 4.80. The zero-order chi connectivity index (χ0) is 21.6. The van der Waals surface area contributed by atoms with Gasteiger partial charge in [-0.15, -0.1) is 0 Å². The van der Waals surface area contributed by atoms with Gasteiger partial charge in [0.1, 0.15) is 5.82 Å². The van der Waals surface area contributed by atoms with Crippen molar-refractivity contribution in [2.75, 3.05) is 35.3 Å². The molecule has 0 bridgehead atoms. The number of hydrogen-bond acceptors (Lipinski definition) is 8. The Balaban J connectivity index is 1.60. The molecule has 1 aliphatic heterocycles. The highest BCUT2D eigenvalue weighted by Crippen LogP contribution is 2.34. The van der Waals surface area contributed by atoms with Gasteiger partial charge < -0.3 is 20.3 Å². The Hall–Kier alpha value is -3.79. The van der Waals surface area contributed by atoms with E-state index in [-0.39, 0.29) is 18.1 Å². The monoisotopic (exact) mass is 424 g/mol. The SMILES string of the molecule is O=[N+]([O-])c1ccc(NCc2cccnc2)nc1Nc1ccccc1N1CCOCC1F. The van der Waals surface area contributed by atoms with Crippen LogP contribution in [0.5, 0.6) is 0 Å². The molecule has 1 fully saturated rings. The molecule has 9 nitrogen and oxygen atoms in total. The summed E-state index contributed by atoms with van der Waals surface area (Å²) in [4.78, 5) is 21.1. The van der Waals surface area contributed by atoms with Crippen molar-refractivity contribution in [3.8, 4) is 0 Å². The van der Waals surface area contributed by atoms with Crippen LogP contribution >= 0.6 is 0 Å². The number of aromatic nitrogens is 2. The van der Waals surface area contributed by atoms with Crippen LogP contribution in [0.3, 0.4) is 0 Å². The minimum absolute atomic E-state index is 0.0273. The third-order valence-corrected chi connectivity index (χ3v) is 4.80. The van der Waals surface area contributed by atoms with Crippen molar-refractivity contribution >= 4 is 28.7 Å². The number of benzene rings is 1. The van der Waals surface area contributed by atoms with E-state index >= 15 is 0 Å². The van der Waals surface area contributed by atoms with Gasteiger partial charge in [0.15, 0.2) is 6.30 Å². The summed E-state index contributed by atoms with van der Waals surface area (Å²) in [7, 11) is 0. The topological polar surface area (TPSA) is 105 Å². The van der Waals surface area contributed by atoms with Gasteiger partial charge in [-0.1, -0.05) is 18.2 Å². The normalized spacial score (nSPS) is 16.0. The second kappa shape index (κ2) is 9.35. The summed E-state index contributed by atoms with van der Waals surface area (Å²) in [5.74, 6) is 0.529. The molecule has 3 heterocycles. The largest absolute Gasteiger partial charge is 0.375 e. The summed E-state index contributed by atoms with van der Waals surface area (Å²) in [5.41, 5.74) is 1.87. The predicted octanol–water partition coefficient (Wildman–Crippen LogP) is 3.87. The second-order valence-corrected chi connectivity index (χ2v) is 6.88. The average molecular weight is 424 g/mol. The molecule has 2 N–H and O–H groups in total. The number of ether oxygens (including phenoxy) is 1. The van der Waals surface area contributed by atoms with Gasteiger partial charge in [0.05, 0.1) is 29.5 Å². The lowest BCUT2D eigenvalue weighted by atomic mass is 10.2. The van der Waals surface area contributed by atoms with E-state index in [4.69, 9.17) is 4.74 Å². The highest BCUT2D eigenvalue weighted by atomic mass is 19.1. The van der Waals surface area contributed by atoms with E-state index in [0.29, 0.717) is 36.9 Å². The summed E-state index contributed by atoms with van der Waals surface area (Å²) in [5, 5.41) is 17.7. The van der Waals surface area contributed by atoms with E-state index in [0.717, 1.165) is 5.56 Å². The Morgan fingerprint density at radius 1 is 1.23 bits per heavy atom. The van der Waals surface area contributed by atoms with E-state index < -0.39 is 11.2 Å². The molecule has 3 aromatic rings. The lowest BCUT2D eigenvalue weighted by Gasteiger charge is -2.33. The van der Waals surface area contributed by atoms with Crippen LogP contribution < -0.4 is 15.5 Å². The minimum Gasteiger partial charge on any atom is -0.375 e. The molecule has 1 atom stereocenters. The number of nitrogens with zero attached hydrogens (tertiary/aromatic N) is 4. The van der Waals surface area contributed by atoms with Crippen LogP contribution in [-0.4, -0.2) is 40.9 Å². The van der Waals surface area contributed by atoms with Crippen molar-refractivity contribution in [3.05, 3.63) is 76.6 Å². The smallest absolute Gasteiger partial charge is 0.311 e. The van der Waals surface area contributed by atoms with E-state index in [9.17, 15) is 14.5 Å². The zero-order valence-electron chi connectivity index (χ0n) is 16.6. The zero-order valence-corrected chi connectivity index (χ0v) is 16.6. The molecule has 0 radical (unpaired) electrons. The Morgan fingerprint density at radius 2 is 2.10 bits per heavy atom. The van der Waals surface area contributed by atoms with Crippen molar-refractivity contribution in [1.29, 1.82) is 0 Å². The highest BCUT2D eigenvalue weighted by molar-refractivity contribution is 5.78. The first kappa shape index (κ1) is 20.5. The molecular weight excluding hydrogens is 403 g/mol. The molecule has 10 heteroatoms. The first-order valence-corrected chi connectivity index (χ1v) is 9.74. The number of rotatable bonds is 7. The fourth-order valence-electron chi connectivity index (χ4n) is 3.29. The molecule has 2 aromatic heterocycles. The summed E-state index contributed by atoms with van der Waals surface area (Å²) < 4.78 is 19.6. The second-order valence-electron chi connectivity index (χ2n) is 6.88. The van der Waals surface area contributed by atoms with Gasteiger partial charge in [0, 0.05) is 31.5 Å². The van der Waals surface area contributed by atoms with Crippen molar-refractivity contribution in [1.82, 2.24) is 9.97 Å². The van der Waals surface area contributed by atoms with Crippen LogP contribution in [0.1, 0.15) is 5.56 Å². The lowest BCUT2D eigenvalue weighted by molar-refractivity contribution is -0.384. The summed E-state index contributed by atoms with van der Waals surface area (Å²) in [6.45, 7) is 1.22. The van der Waals surface area contributed by atoms with E-state index in [1.807, 2.05) is 12.1 Å². The van der Waals surface area contributed by atoms with Gasteiger partial charge in [0.25, 0.3) is 0 Å². The van der Waals surface area contributed by atoms with Gasteiger partial charge >= 0.3 is 5.69 Å². The maximum Gasteiger partial charge on any atom is 0.311 e. The molecule has 0 saturated carbocycles. The number of anilines is 4. The first-order chi connectivity index (χ1) is 15.1. The number of hydrogen-bond donors (Lipinski definition) is 2. The molecule has 1 aliphatic rings. The highest BCUT2D eigenvalue weighted by Gasteiger charge is 2.25. The van der Waals surface area contributed by atoms with Gasteiger partial charge in [-0.25, -0.2) is 9.37 Å². The average Bonchev–Trinajstić information content (AvgIpc) is 2.79. The number of halogens is 1. The van der Waals surface area contributed by atoms with Crippen LogP contribution in [-0.2, 0) is 11.3 Å². The Bertz CT molecular complexity index is 1050. The molecule has 0 amide bonds. The Morgan fingerprint density at radius 3 is 2.87 bits per heavy atom. The molecule has 31 heavy (non-hydrogen) atoms. The van der Waals surface area contributed by atoms with E-state index in [1.54, 1.807) is 47.6 Å². The number of nitro groups is 1. The van der Waals surface area contributed by atoms with Gasteiger partial charge in [-0.05, 0) is 29.8 Å². The number of morpholine rings is 1. The molecule has 0 spiro atoms. The van der Waals surface area contributed by atoms with E-state index in [2.05, 4.69) is 20.6 Å². The molecule has 1 unspecified atom stereocenters. The summed E-state index contributed by atoms with van der Waals surface area (Å²) in [6, 6.07) is 13.7. The van der Waals surface area contributed by atoms with E-state index in [1.165, 1.54) is 6.07 Å². The Labute approximate surface area is 178 Å². The van der Waals surface area contributed by atoms with Crippen LogP contribution in [0.25, 0.3) is 0 Å². The van der Waals surface area contributed by atoms with Crippen molar-refractivity contribution < 1.29 is 14.1 Å². The van der Waals surface area contributed by atoms with Crippen LogP contribution in [0, 0.1) is 10.1 Å². The fraction of sp³-hybridized carbons (Fsp3) is 0.238. The molecule has 160 valence electrons. The maximum atomic E-state index is 14.4. The van der Waals surface area contributed by atoms with Crippen molar-refractivity contribution in [2.24, 2.45) is 0 Å². The van der Waals surface area contributed by atoms with Crippen molar-refractivity contribution in [3.63, 3.8) is 0 Å². The maximum absolute atomic E-state index is 14.4. The minimum atomic E-state index is -1.30. The van der Waals surface area contributed by atoms with Gasteiger partial charge in [-0.2, -0.15) is 0 Å². The molecule has 4 rings (SSSR count). The fourth-order valence-corrected chi connectivity index (χ4v) is 3.29. The number of para-hydroxylation sites is 2. The van der Waals surface area contributed by atoms with Crippen LogP contribution in [0.4, 0.5) is 33.1 Å². The number of pyridine rings is 2. The third kappa shape index (κ3) is 4.86. The number of nitrogens with one attached hydrogen (secondary N) is 2. The first-order valence-electron chi connectivity index (χ1n) is 9.74. The van der Waals surface area contributed by atoms with Crippen LogP contribution in [0.2, 0.25) is 0 Å². The lowest BCUT2D eigenvalue weighted by Crippen LogP contribution is -2.43. The number of alkyl halides is 1. The molecular formula is C21H21FN6O3. The summed E-state index contributed by atoms with van der Waals surface area (Å²) >= 11 is 0. The Kier molecular flexibility index (Phi) is 6.18. The molecule has 0 aliphatic carbocycles. The molecule has 1 saturated heterocycles. The summed E-state index contributed by atoms with van der Waals surface area (Å²) in [6.07, 6.45) is 2.11. The standard InChI is InChI=1S/C21H21FN6O3/c22-19-14-31-11-10-27(19)17-6-2-1-5-16(17)25-21-18(28(29)30)7-8-20(26-21)24-13-15-4-3-9-23-12-15/h1-9,12,19H,10-11,13-14H2,(H2,24,25,26). The van der Waals surface area contributed by atoms with Crippen molar-refractivity contribution in [2.45, 2.75) is 12.8 Å².